The van der Waals surface area contributed by atoms with E-state index in [0.717, 1.165) is 12.8 Å². The summed E-state index contributed by atoms with van der Waals surface area (Å²) in [5, 5.41) is 6.16. The molecule has 98 valence electrons. The minimum absolute atomic E-state index is 0.0690. The van der Waals surface area contributed by atoms with Gasteiger partial charge in [0.15, 0.2) is 0 Å². The molecule has 2 unspecified atom stereocenters. The van der Waals surface area contributed by atoms with Crippen molar-refractivity contribution >= 4 is 16.7 Å². The highest BCUT2D eigenvalue weighted by Crippen LogP contribution is 2.15. The molecule has 0 aromatic heterocycles. The molecule has 0 bridgehead atoms. The monoisotopic (exact) mass is 260 g/mol. The molecular formula is C11H20N2O3S. The standard InChI is InChI=1S/C11H20N2O3S/c1-12-10-7-16-6-9(10)11(14)13-8-2-4-17(15)5-3-8/h8-10,12H,2-7H2,1H3,(H,13,14). The lowest BCUT2D eigenvalue weighted by molar-refractivity contribution is -0.126. The van der Waals surface area contributed by atoms with Gasteiger partial charge in [0.2, 0.25) is 5.91 Å². The van der Waals surface area contributed by atoms with Crippen molar-refractivity contribution in [2.75, 3.05) is 31.8 Å². The molecule has 17 heavy (non-hydrogen) atoms. The van der Waals surface area contributed by atoms with Gasteiger partial charge in [-0.3, -0.25) is 9.00 Å². The van der Waals surface area contributed by atoms with Gasteiger partial charge in [-0.15, -0.1) is 0 Å². The van der Waals surface area contributed by atoms with Crippen molar-refractivity contribution in [1.82, 2.24) is 10.6 Å². The van der Waals surface area contributed by atoms with Crippen molar-refractivity contribution in [2.24, 2.45) is 5.92 Å². The maximum atomic E-state index is 12.1. The highest BCUT2D eigenvalue weighted by Gasteiger charge is 2.34. The molecule has 0 aromatic rings. The predicted octanol–water partition coefficient (Wildman–Crippen LogP) is -0.752. The maximum Gasteiger partial charge on any atom is 0.227 e. The Balaban J connectivity index is 1.82. The third kappa shape index (κ3) is 3.26. The average molecular weight is 260 g/mol. The quantitative estimate of drug-likeness (QED) is 0.700. The van der Waals surface area contributed by atoms with E-state index >= 15 is 0 Å². The fourth-order valence-corrected chi connectivity index (χ4v) is 3.64. The van der Waals surface area contributed by atoms with Gasteiger partial charge in [-0.25, -0.2) is 0 Å². The third-order valence-corrected chi connectivity index (χ3v) is 4.90. The van der Waals surface area contributed by atoms with Crippen molar-refractivity contribution in [2.45, 2.75) is 24.9 Å². The van der Waals surface area contributed by atoms with E-state index in [4.69, 9.17) is 4.74 Å². The smallest absolute Gasteiger partial charge is 0.227 e. The minimum atomic E-state index is -0.675. The second-order valence-corrected chi connectivity index (χ2v) is 6.37. The average Bonchev–Trinajstić information content (AvgIpc) is 2.80. The van der Waals surface area contributed by atoms with E-state index in [9.17, 15) is 9.00 Å². The van der Waals surface area contributed by atoms with Crippen LogP contribution in [0.25, 0.3) is 0 Å². The number of likely N-dealkylation sites (N-methyl/N-ethyl adjacent to an activating group) is 1. The minimum Gasteiger partial charge on any atom is -0.379 e. The van der Waals surface area contributed by atoms with Crippen molar-refractivity contribution in [3.63, 3.8) is 0 Å². The van der Waals surface area contributed by atoms with Crippen LogP contribution in [0.2, 0.25) is 0 Å². The third-order valence-electron chi connectivity index (χ3n) is 3.52. The van der Waals surface area contributed by atoms with Gasteiger partial charge in [0.05, 0.1) is 19.1 Å². The first-order chi connectivity index (χ1) is 8.20. The largest absolute Gasteiger partial charge is 0.379 e. The first-order valence-electron chi connectivity index (χ1n) is 6.11. The Morgan fingerprint density at radius 3 is 2.65 bits per heavy atom. The van der Waals surface area contributed by atoms with E-state index < -0.39 is 10.8 Å². The molecule has 2 N–H and O–H groups in total. The lowest BCUT2D eigenvalue weighted by Crippen LogP contribution is -2.47. The highest BCUT2D eigenvalue weighted by molar-refractivity contribution is 7.85. The first-order valence-corrected chi connectivity index (χ1v) is 7.60. The van der Waals surface area contributed by atoms with Gasteiger partial charge in [0.25, 0.3) is 0 Å². The Labute approximate surface area is 104 Å². The summed E-state index contributed by atoms with van der Waals surface area (Å²) in [5.74, 6) is 1.40. The van der Waals surface area contributed by atoms with Crippen molar-refractivity contribution < 1.29 is 13.7 Å². The number of amides is 1. The van der Waals surface area contributed by atoms with Gasteiger partial charge < -0.3 is 15.4 Å². The molecule has 2 rings (SSSR count). The number of hydrogen-bond acceptors (Lipinski definition) is 4. The first kappa shape index (κ1) is 13.0. The van der Waals surface area contributed by atoms with Crippen molar-refractivity contribution in [1.29, 1.82) is 0 Å². The van der Waals surface area contributed by atoms with Crippen LogP contribution in [0.3, 0.4) is 0 Å². The molecule has 2 heterocycles. The van der Waals surface area contributed by atoms with Crippen LogP contribution in [0.1, 0.15) is 12.8 Å². The molecule has 0 aliphatic carbocycles. The Morgan fingerprint density at radius 1 is 1.29 bits per heavy atom. The molecule has 0 saturated carbocycles. The second kappa shape index (κ2) is 5.93. The molecule has 5 nitrogen and oxygen atoms in total. The Kier molecular flexibility index (Phi) is 4.53. The summed E-state index contributed by atoms with van der Waals surface area (Å²) in [5.41, 5.74) is 0. The van der Waals surface area contributed by atoms with E-state index in [0.29, 0.717) is 24.7 Å². The summed E-state index contributed by atoms with van der Waals surface area (Å²) in [6, 6.07) is 0.311. The van der Waals surface area contributed by atoms with Crippen LogP contribution in [-0.2, 0) is 20.3 Å². The number of hydrogen-bond donors (Lipinski definition) is 2. The van der Waals surface area contributed by atoms with E-state index in [-0.39, 0.29) is 23.9 Å². The molecule has 0 aromatic carbocycles. The lowest BCUT2D eigenvalue weighted by Gasteiger charge is -2.25. The molecule has 2 atom stereocenters. The molecule has 6 heteroatoms. The lowest BCUT2D eigenvalue weighted by atomic mass is 10.0. The van der Waals surface area contributed by atoms with Crippen LogP contribution in [0.5, 0.6) is 0 Å². The van der Waals surface area contributed by atoms with Crippen LogP contribution in [0.15, 0.2) is 0 Å². The van der Waals surface area contributed by atoms with Gasteiger partial charge in [-0.2, -0.15) is 0 Å². The highest BCUT2D eigenvalue weighted by atomic mass is 32.2. The van der Waals surface area contributed by atoms with Crippen LogP contribution < -0.4 is 10.6 Å². The summed E-state index contributed by atoms with van der Waals surface area (Å²) < 4.78 is 16.5. The summed E-state index contributed by atoms with van der Waals surface area (Å²) >= 11 is 0. The number of ether oxygens (including phenoxy) is 1. The number of rotatable bonds is 3. The van der Waals surface area contributed by atoms with E-state index in [1.165, 1.54) is 0 Å². The van der Waals surface area contributed by atoms with Gasteiger partial charge in [-0.1, -0.05) is 0 Å². The molecular weight excluding hydrogens is 240 g/mol. The molecule has 2 fully saturated rings. The van der Waals surface area contributed by atoms with Crippen LogP contribution in [-0.4, -0.2) is 54.0 Å². The summed E-state index contributed by atoms with van der Waals surface area (Å²) in [6.45, 7) is 1.10. The number of carbonyl (C=O) groups excluding carboxylic acids is 1. The van der Waals surface area contributed by atoms with Gasteiger partial charge in [0.1, 0.15) is 0 Å². The van der Waals surface area contributed by atoms with Crippen LogP contribution in [0, 0.1) is 5.92 Å². The van der Waals surface area contributed by atoms with Gasteiger partial charge in [-0.05, 0) is 19.9 Å². The van der Waals surface area contributed by atoms with Crippen LogP contribution >= 0.6 is 0 Å². The second-order valence-electron chi connectivity index (χ2n) is 4.67. The molecule has 0 spiro atoms. The zero-order valence-corrected chi connectivity index (χ0v) is 10.9. The maximum absolute atomic E-state index is 12.1. The van der Waals surface area contributed by atoms with E-state index in [1.54, 1.807) is 0 Å². The Morgan fingerprint density at radius 2 is 2.00 bits per heavy atom. The summed E-state index contributed by atoms with van der Waals surface area (Å²) in [6.07, 6.45) is 1.66. The normalized spacial score (nSPS) is 37.9. The predicted molar refractivity (Wildman–Crippen MR) is 66.2 cm³/mol. The van der Waals surface area contributed by atoms with Crippen molar-refractivity contribution in [3.05, 3.63) is 0 Å². The SMILES string of the molecule is CNC1COCC1C(=O)NC1CCS(=O)CC1. The van der Waals surface area contributed by atoms with Gasteiger partial charge in [0, 0.05) is 34.4 Å². The van der Waals surface area contributed by atoms with Gasteiger partial charge >= 0.3 is 0 Å². The Bertz CT molecular complexity index is 301. The van der Waals surface area contributed by atoms with E-state index in [2.05, 4.69) is 10.6 Å². The molecule has 0 radical (unpaired) electrons. The summed E-state index contributed by atoms with van der Waals surface area (Å²) in [4.78, 5) is 12.1. The fraction of sp³-hybridized carbons (Fsp3) is 0.909. The number of carbonyl (C=O) groups is 1. The molecule has 1 amide bonds. The molecule has 2 saturated heterocycles. The fourth-order valence-electron chi connectivity index (χ4n) is 2.34. The van der Waals surface area contributed by atoms with E-state index in [1.807, 2.05) is 7.05 Å². The summed E-state index contributed by atoms with van der Waals surface area (Å²) in [7, 11) is 1.18. The Hall–Kier alpha value is -0.460. The van der Waals surface area contributed by atoms with Crippen molar-refractivity contribution in [3.8, 4) is 0 Å². The topological polar surface area (TPSA) is 67.4 Å². The molecule has 2 aliphatic rings. The molecule has 2 aliphatic heterocycles. The zero-order valence-electron chi connectivity index (χ0n) is 10.1. The number of nitrogens with one attached hydrogen (secondary N) is 2. The van der Waals surface area contributed by atoms with Crippen LogP contribution in [0.4, 0.5) is 0 Å². The zero-order chi connectivity index (χ0) is 12.3.